The Morgan fingerprint density at radius 1 is 1.12 bits per heavy atom. The van der Waals surface area contributed by atoms with Crippen molar-refractivity contribution in [1.29, 1.82) is 0 Å². The van der Waals surface area contributed by atoms with E-state index >= 15 is 0 Å². The van der Waals surface area contributed by atoms with Crippen molar-refractivity contribution in [2.24, 2.45) is 0 Å². The number of aliphatic hydroxyl groups excluding tert-OH is 1. The van der Waals surface area contributed by atoms with Gasteiger partial charge in [-0.05, 0) is 37.1 Å². The zero-order chi connectivity index (χ0) is 18.6. The van der Waals surface area contributed by atoms with Gasteiger partial charge >= 0.3 is 0 Å². The first kappa shape index (κ1) is 20.1. The van der Waals surface area contributed by atoms with E-state index in [0.717, 1.165) is 16.9 Å². The second-order valence-electron chi connectivity index (χ2n) is 6.78. The summed E-state index contributed by atoms with van der Waals surface area (Å²) in [5.41, 5.74) is 2.26. The maximum Gasteiger partial charge on any atom is 0.281 e. The van der Waals surface area contributed by atoms with Crippen molar-refractivity contribution in [2.75, 3.05) is 53.4 Å². The molecule has 0 spiro atoms. The molecule has 1 atom stereocenters. The smallest absolute Gasteiger partial charge is 0.281 e. The van der Waals surface area contributed by atoms with Gasteiger partial charge in [0, 0.05) is 46.8 Å². The Bertz CT molecular complexity index is 650. The van der Waals surface area contributed by atoms with Gasteiger partial charge in [0.25, 0.3) is 10.2 Å². The number of aryl methyl sites for hydroxylation is 2. The second kappa shape index (κ2) is 8.46. The number of piperazine rings is 1. The van der Waals surface area contributed by atoms with Crippen LogP contribution < -0.4 is 4.74 Å². The Morgan fingerprint density at radius 2 is 1.68 bits per heavy atom. The maximum absolute atomic E-state index is 12.1. The highest BCUT2D eigenvalue weighted by atomic mass is 32.2. The van der Waals surface area contributed by atoms with Crippen molar-refractivity contribution in [1.82, 2.24) is 13.5 Å². The van der Waals surface area contributed by atoms with Crippen molar-refractivity contribution in [3.05, 3.63) is 29.3 Å². The molecule has 1 aromatic rings. The highest BCUT2D eigenvalue weighted by Gasteiger charge is 2.29. The zero-order valence-electron chi connectivity index (χ0n) is 15.5. The summed E-state index contributed by atoms with van der Waals surface area (Å²) in [7, 11) is -0.278. The average molecular weight is 372 g/mol. The lowest BCUT2D eigenvalue weighted by atomic mass is 10.1. The molecule has 2 rings (SSSR count). The van der Waals surface area contributed by atoms with Crippen molar-refractivity contribution in [2.45, 2.75) is 20.0 Å². The van der Waals surface area contributed by atoms with Crippen LogP contribution in [0.1, 0.15) is 11.1 Å². The number of ether oxygens (including phenoxy) is 1. The van der Waals surface area contributed by atoms with E-state index in [1.165, 1.54) is 22.7 Å². The third-order valence-corrected chi connectivity index (χ3v) is 6.17. The summed E-state index contributed by atoms with van der Waals surface area (Å²) >= 11 is 0. The standard InChI is InChI=1S/C17H29N3O4S/c1-14-9-15(2)11-17(10-14)24-13-16(21)12-19-5-7-20(8-6-19)25(22,23)18(3)4/h9-11,16,21H,5-8,12-13H2,1-4H3. The highest BCUT2D eigenvalue weighted by Crippen LogP contribution is 2.16. The Kier molecular flexibility index (Phi) is 6.81. The third-order valence-electron chi connectivity index (χ3n) is 4.23. The molecular weight excluding hydrogens is 342 g/mol. The molecule has 1 unspecified atom stereocenters. The van der Waals surface area contributed by atoms with Gasteiger partial charge in [0.05, 0.1) is 0 Å². The van der Waals surface area contributed by atoms with Gasteiger partial charge in [0.15, 0.2) is 0 Å². The van der Waals surface area contributed by atoms with E-state index in [1.54, 1.807) is 0 Å². The molecule has 1 fully saturated rings. The van der Waals surface area contributed by atoms with Gasteiger partial charge < -0.3 is 9.84 Å². The molecule has 7 nitrogen and oxygen atoms in total. The molecule has 0 saturated carbocycles. The quantitative estimate of drug-likeness (QED) is 0.754. The molecular formula is C17H29N3O4S. The molecule has 1 heterocycles. The molecule has 1 aliphatic heterocycles. The van der Waals surface area contributed by atoms with Crippen LogP contribution in [-0.2, 0) is 10.2 Å². The fourth-order valence-electron chi connectivity index (χ4n) is 2.93. The monoisotopic (exact) mass is 371 g/mol. The lowest BCUT2D eigenvalue weighted by molar-refractivity contribution is 0.0564. The number of β-amino-alcohol motifs (C(OH)–C–C–N with tert-alkyl or cyclic N) is 1. The molecule has 0 radical (unpaired) electrons. The average Bonchev–Trinajstić information content (AvgIpc) is 2.52. The minimum Gasteiger partial charge on any atom is -0.491 e. The largest absolute Gasteiger partial charge is 0.491 e. The zero-order valence-corrected chi connectivity index (χ0v) is 16.3. The number of rotatable bonds is 7. The van der Waals surface area contributed by atoms with E-state index in [2.05, 4.69) is 11.0 Å². The summed E-state index contributed by atoms with van der Waals surface area (Å²) < 4.78 is 32.6. The first-order valence-electron chi connectivity index (χ1n) is 8.47. The predicted molar refractivity (Wildman–Crippen MR) is 98.0 cm³/mol. The van der Waals surface area contributed by atoms with E-state index in [1.807, 2.05) is 26.0 Å². The minimum atomic E-state index is -3.35. The van der Waals surface area contributed by atoms with E-state index in [4.69, 9.17) is 4.74 Å². The van der Waals surface area contributed by atoms with Crippen molar-refractivity contribution < 1.29 is 18.3 Å². The summed E-state index contributed by atoms with van der Waals surface area (Å²) in [5.74, 6) is 0.762. The topological polar surface area (TPSA) is 73.3 Å². The number of hydrogen-bond acceptors (Lipinski definition) is 5. The van der Waals surface area contributed by atoms with Crippen LogP contribution in [0.5, 0.6) is 5.75 Å². The van der Waals surface area contributed by atoms with Gasteiger partial charge in [-0.1, -0.05) is 6.07 Å². The summed E-state index contributed by atoms with van der Waals surface area (Å²) in [4.78, 5) is 2.07. The second-order valence-corrected chi connectivity index (χ2v) is 8.92. The van der Waals surface area contributed by atoms with Crippen LogP contribution in [0, 0.1) is 13.8 Å². The van der Waals surface area contributed by atoms with Crippen LogP contribution in [0.25, 0.3) is 0 Å². The van der Waals surface area contributed by atoms with E-state index in [0.29, 0.717) is 32.7 Å². The Hall–Kier alpha value is -1.19. The molecule has 1 saturated heterocycles. The SMILES string of the molecule is Cc1cc(C)cc(OCC(O)CN2CCN(S(=O)(=O)N(C)C)CC2)c1. The van der Waals surface area contributed by atoms with Gasteiger partial charge in [-0.3, -0.25) is 4.90 Å². The van der Waals surface area contributed by atoms with Gasteiger partial charge in [0.2, 0.25) is 0 Å². The maximum atomic E-state index is 12.1. The molecule has 0 bridgehead atoms. The summed E-state index contributed by atoms with van der Waals surface area (Å²) in [6.45, 7) is 6.80. The minimum absolute atomic E-state index is 0.221. The van der Waals surface area contributed by atoms with E-state index in [9.17, 15) is 13.5 Å². The van der Waals surface area contributed by atoms with Crippen LogP contribution in [0.15, 0.2) is 18.2 Å². The lowest BCUT2D eigenvalue weighted by Crippen LogP contribution is -2.53. The van der Waals surface area contributed by atoms with Gasteiger partial charge in [-0.15, -0.1) is 0 Å². The van der Waals surface area contributed by atoms with Crippen molar-refractivity contribution >= 4 is 10.2 Å². The molecule has 8 heteroatoms. The molecule has 25 heavy (non-hydrogen) atoms. The molecule has 142 valence electrons. The van der Waals surface area contributed by atoms with Gasteiger partial charge in [-0.2, -0.15) is 17.0 Å². The highest BCUT2D eigenvalue weighted by molar-refractivity contribution is 7.86. The fraction of sp³-hybridized carbons (Fsp3) is 0.647. The van der Waals surface area contributed by atoms with Gasteiger partial charge in [0.1, 0.15) is 18.5 Å². The summed E-state index contributed by atoms with van der Waals surface area (Å²) in [6, 6.07) is 5.97. The molecule has 1 aromatic carbocycles. The van der Waals surface area contributed by atoms with Crippen molar-refractivity contribution in [3.63, 3.8) is 0 Å². The molecule has 1 aliphatic rings. The Balaban J connectivity index is 1.78. The first-order chi connectivity index (χ1) is 11.7. The van der Waals surface area contributed by atoms with Crippen LogP contribution in [0.2, 0.25) is 0 Å². The molecule has 0 aromatic heterocycles. The number of nitrogens with zero attached hydrogens (tertiary/aromatic N) is 3. The van der Waals surface area contributed by atoms with E-state index in [-0.39, 0.29) is 6.61 Å². The lowest BCUT2D eigenvalue weighted by Gasteiger charge is -2.35. The van der Waals surface area contributed by atoms with Crippen LogP contribution in [0.3, 0.4) is 0 Å². The first-order valence-corrected chi connectivity index (χ1v) is 9.87. The Labute approximate surface area is 151 Å². The molecule has 0 amide bonds. The summed E-state index contributed by atoms with van der Waals surface area (Å²) in [5, 5.41) is 10.2. The van der Waals surface area contributed by atoms with Crippen LogP contribution in [0.4, 0.5) is 0 Å². The molecule has 1 N–H and O–H groups in total. The molecule has 0 aliphatic carbocycles. The van der Waals surface area contributed by atoms with Gasteiger partial charge in [-0.25, -0.2) is 0 Å². The summed E-state index contributed by atoms with van der Waals surface area (Å²) in [6.07, 6.45) is -0.613. The fourth-order valence-corrected chi connectivity index (χ4v) is 4.02. The normalized spacial score (nSPS) is 18.5. The Morgan fingerprint density at radius 3 is 2.20 bits per heavy atom. The van der Waals surface area contributed by atoms with Crippen LogP contribution >= 0.6 is 0 Å². The third kappa shape index (κ3) is 5.65. The van der Waals surface area contributed by atoms with E-state index < -0.39 is 16.3 Å². The van der Waals surface area contributed by atoms with Crippen LogP contribution in [-0.4, -0.2) is 86.6 Å². The van der Waals surface area contributed by atoms with Crippen molar-refractivity contribution in [3.8, 4) is 5.75 Å². The number of hydrogen-bond donors (Lipinski definition) is 1. The number of aliphatic hydroxyl groups is 1. The predicted octanol–water partition coefficient (Wildman–Crippen LogP) is 0.467. The number of benzene rings is 1.